The van der Waals surface area contributed by atoms with Crippen molar-refractivity contribution in [3.8, 4) is 12.3 Å². The maximum Gasteiger partial charge on any atom is 0.275 e. The van der Waals surface area contributed by atoms with Crippen molar-refractivity contribution in [3.63, 3.8) is 0 Å². The van der Waals surface area contributed by atoms with Crippen molar-refractivity contribution >= 4 is 11.6 Å². The number of amides is 1. The molecular formula is C20H20N4O. The van der Waals surface area contributed by atoms with Gasteiger partial charge in [0.2, 0.25) is 0 Å². The van der Waals surface area contributed by atoms with Crippen LogP contribution in [0.15, 0.2) is 54.9 Å². The first-order valence-corrected chi connectivity index (χ1v) is 8.40. The molecule has 0 unspecified atom stereocenters. The number of hydrogen-bond acceptors (Lipinski definition) is 3. The lowest BCUT2D eigenvalue weighted by Gasteiger charge is -2.25. The molecule has 0 N–H and O–H groups in total. The van der Waals surface area contributed by atoms with Crippen LogP contribution in [0.25, 0.3) is 5.65 Å². The average molecular weight is 332 g/mol. The normalized spacial score (nSPS) is 13.6. The first-order valence-electron chi connectivity index (χ1n) is 8.40. The zero-order valence-electron chi connectivity index (χ0n) is 14.0. The minimum absolute atomic E-state index is 0.0850. The Bertz CT molecular complexity index is 847. The predicted octanol–water partition coefficient (Wildman–Crippen LogP) is 3.02. The van der Waals surface area contributed by atoms with Crippen LogP contribution >= 0.6 is 0 Å². The summed E-state index contributed by atoms with van der Waals surface area (Å²) in [4.78, 5) is 18.5. The number of nitrogens with zero attached hydrogens (tertiary/aromatic N) is 4. The molecule has 0 bridgehead atoms. The first-order chi connectivity index (χ1) is 12.3. The summed E-state index contributed by atoms with van der Waals surface area (Å²) in [6, 6.07) is 13.8. The molecule has 0 saturated carbocycles. The van der Waals surface area contributed by atoms with Crippen LogP contribution in [-0.2, 0) is 0 Å². The van der Waals surface area contributed by atoms with Gasteiger partial charge in [-0.1, -0.05) is 42.3 Å². The van der Waals surface area contributed by atoms with E-state index >= 15 is 0 Å². The Morgan fingerprint density at radius 3 is 2.24 bits per heavy atom. The van der Waals surface area contributed by atoms with Crippen LogP contribution in [-0.4, -0.2) is 38.5 Å². The number of fused-ring (bicyclic) bond motifs is 1. The Labute approximate surface area is 147 Å². The van der Waals surface area contributed by atoms with Gasteiger partial charge in [-0.25, -0.2) is 9.50 Å². The smallest absolute Gasteiger partial charge is 0.275 e. The molecule has 0 spiro atoms. The SMILES string of the molecule is C#Cc1c(C(=O)N2CCCCC2)nn2cccnc12.c1ccccc1. The van der Waals surface area contributed by atoms with Crippen LogP contribution in [0.4, 0.5) is 0 Å². The highest BCUT2D eigenvalue weighted by Gasteiger charge is 2.24. The van der Waals surface area contributed by atoms with Crippen LogP contribution in [0.1, 0.15) is 35.3 Å². The molecule has 1 saturated heterocycles. The van der Waals surface area contributed by atoms with E-state index < -0.39 is 0 Å². The van der Waals surface area contributed by atoms with E-state index in [1.54, 1.807) is 23.0 Å². The van der Waals surface area contributed by atoms with Crippen LogP contribution < -0.4 is 0 Å². The van der Waals surface area contributed by atoms with Gasteiger partial charge in [-0.05, 0) is 25.3 Å². The van der Waals surface area contributed by atoms with Gasteiger partial charge in [-0.3, -0.25) is 4.79 Å². The van der Waals surface area contributed by atoms with E-state index in [0.717, 1.165) is 25.9 Å². The summed E-state index contributed by atoms with van der Waals surface area (Å²) in [5.74, 6) is 2.46. The summed E-state index contributed by atoms with van der Waals surface area (Å²) >= 11 is 0. The van der Waals surface area contributed by atoms with Gasteiger partial charge in [0.1, 0.15) is 5.56 Å². The fourth-order valence-corrected chi connectivity index (χ4v) is 2.80. The first kappa shape index (κ1) is 16.7. The monoisotopic (exact) mass is 332 g/mol. The average Bonchev–Trinajstić information content (AvgIpc) is 3.08. The molecule has 1 aliphatic heterocycles. The minimum Gasteiger partial charge on any atom is -0.337 e. The largest absolute Gasteiger partial charge is 0.337 e. The molecule has 1 aliphatic rings. The van der Waals surface area contributed by atoms with E-state index in [-0.39, 0.29) is 5.91 Å². The summed E-state index contributed by atoms with van der Waals surface area (Å²) in [5, 5.41) is 4.28. The third-order valence-electron chi connectivity index (χ3n) is 4.05. The lowest BCUT2D eigenvalue weighted by atomic mass is 10.1. The molecule has 5 heteroatoms. The molecule has 4 rings (SSSR count). The quantitative estimate of drug-likeness (QED) is 0.644. The second kappa shape index (κ2) is 8.11. The number of aromatic nitrogens is 3. The van der Waals surface area contributed by atoms with Crippen molar-refractivity contribution in [1.82, 2.24) is 19.5 Å². The van der Waals surface area contributed by atoms with Crippen LogP contribution in [0, 0.1) is 12.3 Å². The molecule has 0 aliphatic carbocycles. The number of carbonyl (C=O) groups is 1. The Balaban J connectivity index is 0.000000258. The van der Waals surface area contributed by atoms with Gasteiger partial charge in [-0.15, -0.1) is 6.42 Å². The molecule has 1 fully saturated rings. The number of piperidine rings is 1. The molecule has 1 amide bonds. The van der Waals surface area contributed by atoms with E-state index in [9.17, 15) is 4.79 Å². The Morgan fingerprint density at radius 1 is 1.00 bits per heavy atom. The van der Waals surface area contributed by atoms with Crippen LogP contribution in [0.2, 0.25) is 0 Å². The standard InChI is InChI=1S/C14H14N4O.C6H6/c1-2-11-12(14(19)17-8-4-3-5-9-17)16-18-10-6-7-15-13(11)18;1-2-4-6-5-3-1/h1,6-7,10H,3-5,8-9H2;1-6H. The third kappa shape index (κ3) is 3.86. The molecular weight excluding hydrogens is 312 g/mol. The number of hydrogen-bond donors (Lipinski definition) is 0. The summed E-state index contributed by atoms with van der Waals surface area (Å²) in [7, 11) is 0. The fraction of sp³-hybridized carbons (Fsp3) is 0.250. The predicted molar refractivity (Wildman–Crippen MR) is 97.1 cm³/mol. The second-order valence-electron chi connectivity index (χ2n) is 5.76. The molecule has 1 aromatic carbocycles. The molecule has 0 radical (unpaired) electrons. The van der Waals surface area contributed by atoms with E-state index in [1.807, 2.05) is 41.3 Å². The zero-order chi connectivity index (χ0) is 17.5. The maximum absolute atomic E-state index is 12.5. The Kier molecular flexibility index (Phi) is 5.43. The summed E-state index contributed by atoms with van der Waals surface area (Å²) in [6.07, 6.45) is 12.2. The lowest BCUT2D eigenvalue weighted by Crippen LogP contribution is -2.36. The van der Waals surface area contributed by atoms with Gasteiger partial charge in [-0.2, -0.15) is 5.10 Å². The van der Waals surface area contributed by atoms with Gasteiger partial charge < -0.3 is 4.90 Å². The number of likely N-dealkylation sites (tertiary alicyclic amines) is 1. The number of rotatable bonds is 1. The molecule has 3 heterocycles. The van der Waals surface area contributed by atoms with Crippen LogP contribution in [0.5, 0.6) is 0 Å². The third-order valence-corrected chi connectivity index (χ3v) is 4.05. The van der Waals surface area contributed by atoms with E-state index in [2.05, 4.69) is 16.0 Å². The van der Waals surface area contributed by atoms with Gasteiger partial charge >= 0.3 is 0 Å². The van der Waals surface area contributed by atoms with Gasteiger partial charge in [0.05, 0.1) is 0 Å². The van der Waals surface area contributed by atoms with Crippen molar-refractivity contribution < 1.29 is 4.79 Å². The van der Waals surface area contributed by atoms with Crippen molar-refractivity contribution in [3.05, 3.63) is 66.1 Å². The lowest BCUT2D eigenvalue weighted by molar-refractivity contribution is 0.0717. The van der Waals surface area contributed by atoms with E-state index in [0.29, 0.717) is 16.9 Å². The Hall–Kier alpha value is -3.13. The van der Waals surface area contributed by atoms with Crippen molar-refractivity contribution in [1.29, 1.82) is 0 Å². The summed E-state index contributed by atoms with van der Waals surface area (Å²) in [6.45, 7) is 1.56. The maximum atomic E-state index is 12.5. The highest BCUT2D eigenvalue weighted by molar-refractivity contribution is 5.96. The molecule has 5 nitrogen and oxygen atoms in total. The van der Waals surface area contributed by atoms with Crippen LogP contribution in [0.3, 0.4) is 0 Å². The Morgan fingerprint density at radius 2 is 1.64 bits per heavy atom. The molecule has 0 atom stereocenters. The highest BCUT2D eigenvalue weighted by Crippen LogP contribution is 2.17. The van der Waals surface area contributed by atoms with Crippen molar-refractivity contribution in [2.75, 3.05) is 13.1 Å². The highest BCUT2D eigenvalue weighted by atomic mass is 16.2. The number of benzene rings is 1. The summed E-state index contributed by atoms with van der Waals surface area (Å²) in [5.41, 5.74) is 1.38. The van der Waals surface area contributed by atoms with Crippen molar-refractivity contribution in [2.24, 2.45) is 0 Å². The fourth-order valence-electron chi connectivity index (χ4n) is 2.80. The van der Waals surface area contributed by atoms with E-state index in [4.69, 9.17) is 6.42 Å². The van der Waals surface area contributed by atoms with E-state index in [1.165, 1.54) is 6.42 Å². The molecule has 126 valence electrons. The number of carbonyl (C=O) groups excluding carboxylic acids is 1. The van der Waals surface area contributed by atoms with Crippen molar-refractivity contribution in [2.45, 2.75) is 19.3 Å². The minimum atomic E-state index is -0.0850. The molecule has 3 aromatic rings. The molecule has 25 heavy (non-hydrogen) atoms. The number of terminal acetylenes is 1. The second-order valence-corrected chi connectivity index (χ2v) is 5.76. The van der Waals surface area contributed by atoms with Gasteiger partial charge in [0.15, 0.2) is 11.3 Å². The topological polar surface area (TPSA) is 50.5 Å². The summed E-state index contributed by atoms with van der Waals surface area (Å²) < 4.78 is 1.56. The van der Waals surface area contributed by atoms with Gasteiger partial charge in [0, 0.05) is 25.5 Å². The van der Waals surface area contributed by atoms with Gasteiger partial charge in [0.25, 0.3) is 5.91 Å². The molecule has 2 aromatic heterocycles. The zero-order valence-corrected chi connectivity index (χ0v) is 14.0.